The Morgan fingerprint density at radius 2 is 1.76 bits per heavy atom. The Hall–Kier alpha value is -3.25. The number of carbonyl (C=O) groups is 1. The maximum atomic E-state index is 12.4. The van der Waals surface area contributed by atoms with Crippen LogP contribution in [0.5, 0.6) is 0 Å². The maximum Gasteiger partial charge on any atom is 0.324 e. The van der Waals surface area contributed by atoms with Gasteiger partial charge in [-0.15, -0.1) is 0 Å². The lowest BCUT2D eigenvalue weighted by atomic mass is 10.1. The van der Waals surface area contributed by atoms with Crippen molar-refractivity contribution in [2.45, 2.75) is 25.8 Å². The van der Waals surface area contributed by atoms with E-state index in [1.807, 2.05) is 54.6 Å². The molecule has 6 heteroatoms. The molecule has 4 rings (SSSR count). The third-order valence-electron chi connectivity index (χ3n) is 5.00. The van der Waals surface area contributed by atoms with E-state index in [1.165, 1.54) is 19.3 Å². The third kappa shape index (κ3) is 5.39. The molecule has 3 aromatic rings. The molecule has 0 bridgehead atoms. The van der Waals surface area contributed by atoms with E-state index in [4.69, 9.17) is 0 Å². The van der Waals surface area contributed by atoms with E-state index in [0.29, 0.717) is 11.5 Å². The quantitative estimate of drug-likeness (QED) is 0.661. The first-order chi connectivity index (χ1) is 14.3. The van der Waals surface area contributed by atoms with Crippen LogP contribution >= 0.6 is 0 Å². The zero-order valence-electron chi connectivity index (χ0n) is 16.3. The smallest absolute Gasteiger partial charge is 0.308 e. The Morgan fingerprint density at radius 1 is 0.931 bits per heavy atom. The van der Waals surface area contributed by atoms with Crippen molar-refractivity contribution in [3.63, 3.8) is 0 Å². The normalized spacial score (nSPS) is 14.3. The van der Waals surface area contributed by atoms with E-state index in [1.54, 1.807) is 12.4 Å². The second-order valence-electron chi connectivity index (χ2n) is 7.25. The fourth-order valence-electron chi connectivity index (χ4n) is 3.57. The Kier molecular flexibility index (Phi) is 6.12. The van der Waals surface area contributed by atoms with Gasteiger partial charge in [-0.3, -0.25) is 15.2 Å². The van der Waals surface area contributed by atoms with Gasteiger partial charge in [-0.25, -0.2) is 9.78 Å². The molecule has 0 unspecified atom stereocenters. The van der Waals surface area contributed by atoms with E-state index < -0.39 is 0 Å². The number of carbonyl (C=O) groups excluding carboxylic acids is 1. The number of amides is 2. The first-order valence-electron chi connectivity index (χ1n) is 10.0. The van der Waals surface area contributed by atoms with Crippen molar-refractivity contribution in [1.82, 2.24) is 14.9 Å². The van der Waals surface area contributed by atoms with Crippen molar-refractivity contribution in [2.75, 3.05) is 23.7 Å². The number of aromatic nitrogens is 2. The number of anilines is 2. The van der Waals surface area contributed by atoms with Crippen LogP contribution in [0.1, 0.15) is 25.0 Å². The lowest BCUT2D eigenvalue weighted by Crippen LogP contribution is -2.29. The number of nitrogens with one attached hydrogen (secondary N) is 2. The highest BCUT2D eigenvalue weighted by atomic mass is 16.2. The summed E-state index contributed by atoms with van der Waals surface area (Å²) in [5.41, 5.74) is 3.69. The van der Waals surface area contributed by atoms with Crippen LogP contribution in [-0.4, -0.2) is 34.0 Å². The summed E-state index contributed by atoms with van der Waals surface area (Å²) in [6.07, 6.45) is 7.35. The molecule has 1 aliphatic heterocycles. The molecule has 2 aromatic heterocycles. The molecule has 2 N–H and O–H groups in total. The monoisotopic (exact) mass is 387 g/mol. The van der Waals surface area contributed by atoms with Gasteiger partial charge in [0.25, 0.3) is 0 Å². The molecule has 0 spiro atoms. The summed E-state index contributed by atoms with van der Waals surface area (Å²) in [6.45, 7) is 3.06. The van der Waals surface area contributed by atoms with Crippen molar-refractivity contribution < 1.29 is 4.79 Å². The molecule has 0 saturated carbocycles. The number of benzene rings is 1. The molecule has 148 valence electrons. The first kappa shape index (κ1) is 19.1. The van der Waals surface area contributed by atoms with Gasteiger partial charge in [-0.2, -0.15) is 0 Å². The SMILES string of the molecule is O=C(Nc1cccc(-c2cccnc2)c1)Nc1cccc(CN2CCCCC2)n1. The number of piperidine rings is 1. The Bertz CT molecular complexity index is 954. The molecule has 29 heavy (non-hydrogen) atoms. The molecule has 1 aliphatic rings. The number of likely N-dealkylation sites (tertiary alicyclic amines) is 1. The minimum atomic E-state index is -0.309. The summed E-state index contributed by atoms with van der Waals surface area (Å²) in [5.74, 6) is 0.556. The highest BCUT2D eigenvalue weighted by Gasteiger charge is 2.12. The summed E-state index contributed by atoms with van der Waals surface area (Å²) < 4.78 is 0. The van der Waals surface area contributed by atoms with Crippen LogP contribution in [0, 0.1) is 0 Å². The minimum Gasteiger partial charge on any atom is -0.308 e. The van der Waals surface area contributed by atoms with Gasteiger partial charge >= 0.3 is 6.03 Å². The van der Waals surface area contributed by atoms with Gasteiger partial charge in [0.1, 0.15) is 5.82 Å². The lowest BCUT2D eigenvalue weighted by molar-refractivity contribution is 0.218. The van der Waals surface area contributed by atoms with Gasteiger partial charge < -0.3 is 5.32 Å². The average Bonchev–Trinajstić information content (AvgIpc) is 2.75. The standard InChI is InChI=1S/C23H25N5O/c29-23(26-20-9-4-7-18(15-20)19-8-6-12-24-16-19)27-22-11-5-10-21(25-22)17-28-13-2-1-3-14-28/h4-12,15-16H,1-3,13-14,17H2,(H2,25,26,27,29). The fourth-order valence-corrected chi connectivity index (χ4v) is 3.57. The summed E-state index contributed by atoms with van der Waals surface area (Å²) >= 11 is 0. The first-order valence-corrected chi connectivity index (χ1v) is 10.0. The largest absolute Gasteiger partial charge is 0.324 e. The average molecular weight is 387 g/mol. The molecule has 3 heterocycles. The Labute approximate surface area is 171 Å². The van der Waals surface area contributed by atoms with Crippen LogP contribution in [0.3, 0.4) is 0 Å². The summed E-state index contributed by atoms with van der Waals surface area (Å²) in [7, 11) is 0. The van der Waals surface area contributed by atoms with E-state index in [0.717, 1.165) is 36.5 Å². The molecule has 6 nitrogen and oxygen atoms in total. The predicted octanol–water partition coefficient (Wildman–Crippen LogP) is 4.77. The van der Waals surface area contributed by atoms with E-state index >= 15 is 0 Å². The van der Waals surface area contributed by atoms with E-state index in [2.05, 4.69) is 25.5 Å². The molecule has 0 aliphatic carbocycles. The van der Waals surface area contributed by atoms with Crippen LogP contribution < -0.4 is 10.6 Å². The van der Waals surface area contributed by atoms with E-state index in [-0.39, 0.29) is 6.03 Å². The number of rotatable bonds is 5. The molecular weight excluding hydrogens is 362 g/mol. The van der Waals surface area contributed by atoms with Gasteiger partial charge in [-0.1, -0.05) is 30.7 Å². The number of hydrogen-bond acceptors (Lipinski definition) is 4. The van der Waals surface area contributed by atoms with Crippen molar-refractivity contribution in [1.29, 1.82) is 0 Å². The lowest BCUT2D eigenvalue weighted by Gasteiger charge is -2.26. The molecule has 1 saturated heterocycles. The summed E-state index contributed by atoms with van der Waals surface area (Å²) in [5, 5.41) is 5.72. The molecule has 0 atom stereocenters. The summed E-state index contributed by atoms with van der Waals surface area (Å²) in [6, 6.07) is 17.0. The van der Waals surface area contributed by atoms with Gasteiger partial charge in [0.2, 0.25) is 0 Å². The van der Waals surface area contributed by atoms with Gasteiger partial charge in [0.15, 0.2) is 0 Å². The number of urea groups is 1. The molecular formula is C23H25N5O. The molecule has 2 amide bonds. The second-order valence-corrected chi connectivity index (χ2v) is 7.25. The van der Waals surface area contributed by atoms with Crippen molar-refractivity contribution in [3.8, 4) is 11.1 Å². The number of nitrogens with zero attached hydrogens (tertiary/aromatic N) is 3. The number of pyridine rings is 2. The van der Waals surface area contributed by atoms with Crippen LogP contribution in [0.25, 0.3) is 11.1 Å². The minimum absolute atomic E-state index is 0.309. The zero-order valence-corrected chi connectivity index (χ0v) is 16.3. The van der Waals surface area contributed by atoms with Crippen molar-refractivity contribution in [2.24, 2.45) is 0 Å². The summed E-state index contributed by atoms with van der Waals surface area (Å²) in [4.78, 5) is 23.6. The van der Waals surface area contributed by atoms with Crippen molar-refractivity contribution in [3.05, 3.63) is 72.7 Å². The molecule has 1 fully saturated rings. The topological polar surface area (TPSA) is 70.2 Å². The third-order valence-corrected chi connectivity index (χ3v) is 5.00. The Balaban J connectivity index is 1.38. The van der Waals surface area contributed by atoms with Crippen molar-refractivity contribution >= 4 is 17.5 Å². The second kappa shape index (κ2) is 9.30. The van der Waals surface area contributed by atoms with Crippen LogP contribution in [-0.2, 0) is 6.54 Å². The van der Waals surface area contributed by atoms with Crippen LogP contribution in [0.15, 0.2) is 67.0 Å². The van der Waals surface area contributed by atoms with Crippen LogP contribution in [0.4, 0.5) is 16.3 Å². The highest BCUT2D eigenvalue weighted by molar-refractivity contribution is 5.99. The predicted molar refractivity (Wildman–Crippen MR) is 116 cm³/mol. The molecule has 1 aromatic carbocycles. The maximum absolute atomic E-state index is 12.4. The zero-order chi connectivity index (χ0) is 19.9. The highest BCUT2D eigenvalue weighted by Crippen LogP contribution is 2.22. The van der Waals surface area contributed by atoms with Gasteiger partial charge in [0.05, 0.1) is 5.69 Å². The van der Waals surface area contributed by atoms with Gasteiger partial charge in [-0.05, 0) is 61.8 Å². The van der Waals surface area contributed by atoms with E-state index in [9.17, 15) is 4.79 Å². The fraction of sp³-hybridized carbons (Fsp3) is 0.261. The van der Waals surface area contributed by atoms with Crippen LogP contribution in [0.2, 0.25) is 0 Å². The number of hydrogen-bond donors (Lipinski definition) is 2. The molecule has 0 radical (unpaired) electrons. The Morgan fingerprint density at radius 3 is 2.59 bits per heavy atom. The van der Waals surface area contributed by atoms with Gasteiger partial charge in [0, 0.05) is 30.2 Å².